The fourth-order valence-corrected chi connectivity index (χ4v) is 4.12. The Morgan fingerprint density at radius 2 is 1.93 bits per heavy atom. The van der Waals surface area contributed by atoms with E-state index in [2.05, 4.69) is 10.0 Å². The van der Waals surface area contributed by atoms with Crippen LogP contribution >= 0.6 is 0 Å². The van der Waals surface area contributed by atoms with Gasteiger partial charge < -0.3 is 11.1 Å². The van der Waals surface area contributed by atoms with Crippen molar-refractivity contribution in [2.24, 2.45) is 11.7 Å². The summed E-state index contributed by atoms with van der Waals surface area (Å²) in [6.07, 6.45) is 2.13. The van der Waals surface area contributed by atoms with Crippen molar-refractivity contribution in [1.29, 1.82) is 0 Å². The molecule has 2 aromatic carbocycles. The number of hydrogen-bond acceptors (Lipinski definition) is 4. The van der Waals surface area contributed by atoms with E-state index in [1.54, 1.807) is 31.2 Å². The molecule has 0 aliphatic heterocycles. The van der Waals surface area contributed by atoms with Crippen LogP contribution in [0.3, 0.4) is 0 Å². The molecule has 144 valence electrons. The van der Waals surface area contributed by atoms with Crippen molar-refractivity contribution >= 4 is 21.6 Å². The van der Waals surface area contributed by atoms with Gasteiger partial charge in [-0.1, -0.05) is 18.2 Å². The molecule has 0 spiro atoms. The first-order valence-electron chi connectivity index (χ1n) is 9.01. The number of nitrogens with two attached hydrogens (primary N) is 1. The van der Waals surface area contributed by atoms with Gasteiger partial charge in [0.05, 0.1) is 4.90 Å². The van der Waals surface area contributed by atoms with Gasteiger partial charge in [-0.2, -0.15) is 0 Å². The number of amides is 1. The van der Waals surface area contributed by atoms with Gasteiger partial charge in [0.25, 0.3) is 15.9 Å². The van der Waals surface area contributed by atoms with Crippen molar-refractivity contribution in [2.45, 2.75) is 37.6 Å². The average molecular weight is 388 g/mol. The van der Waals surface area contributed by atoms with Crippen LogP contribution in [-0.2, 0) is 10.0 Å². The van der Waals surface area contributed by atoms with Crippen LogP contribution in [0.15, 0.2) is 47.4 Å². The molecule has 0 aromatic heterocycles. The Labute approximate surface area is 160 Å². The number of benzene rings is 2. The first-order chi connectivity index (χ1) is 12.8. The summed E-state index contributed by atoms with van der Waals surface area (Å²) >= 11 is 0. The minimum atomic E-state index is -3.80. The lowest BCUT2D eigenvalue weighted by molar-refractivity contribution is 0.0932. The summed E-state index contributed by atoms with van der Waals surface area (Å²) in [6.45, 7) is 4.05. The summed E-state index contributed by atoms with van der Waals surface area (Å²) in [4.78, 5) is 12.7. The minimum Gasteiger partial charge on any atom is -0.348 e. The van der Waals surface area contributed by atoms with Crippen LogP contribution in [0.1, 0.15) is 34.3 Å². The number of rotatable bonds is 7. The van der Waals surface area contributed by atoms with E-state index in [4.69, 9.17) is 5.73 Å². The minimum absolute atomic E-state index is 0.0514. The molecule has 1 amide bonds. The molecule has 3 rings (SSSR count). The molecule has 2 aromatic rings. The first-order valence-corrected chi connectivity index (χ1v) is 10.5. The topological polar surface area (TPSA) is 101 Å². The Morgan fingerprint density at radius 3 is 2.56 bits per heavy atom. The van der Waals surface area contributed by atoms with Crippen LogP contribution in [-0.4, -0.2) is 26.9 Å². The van der Waals surface area contributed by atoms with Crippen LogP contribution in [0.5, 0.6) is 0 Å². The van der Waals surface area contributed by atoms with Crippen molar-refractivity contribution in [2.75, 3.05) is 11.3 Å². The van der Waals surface area contributed by atoms with Gasteiger partial charge in [0.15, 0.2) is 0 Å². The maximum Gasteiger partial charge on any atom is 0.261 e. The number of hydrogen-bond donors (Lipinski definition) is 3. The molecular formula is C20H25N3O3S. The van der Waals surface area contributed by atoms with Crippen molar-refractivity contribution in [1.82, 2.24) is 5.32 Å². The molecule has 1 aliphatic carbocycles. The Balaban J connectivity index is 1.84. The predicted molar refractivity (Wildman–Crippen MR) is 106 cm³/mol. The van der Waals surface area contributed by atoms with Gasteiger partial charge in [-0.05, 0) is 68.0 Å². The molecule has 7 heteroatoms. The number of aryl methyl sites for hydroxylation is 2. The number of nitrogens with one attached hydrogen (secondary N) is 2. The Kier molecular flexibility index (Phi) is 5.53. The van der Waals surface area contributed by atoms with Gasteiger partial charge in [0.1, 0.15) is 0 Å². The molecule has 1 fully saturated rings. The van der Waals surface area contributed by atoms with Crippen molar-refractivity contribution < 1.29 is 13.2 Å². The third kappa shape index (κ3) is 4.67. The van der Waals surface area contributed by atoms with E-state index in [0.717, 1.165) is 18.4 Å². The fourth-order valence-electron chi connectivity index (χ4n) is 3.05. The SMILES string of the molecule is Cc1cccc(NS(=O)(=O)c2ccc(C)c(C(=O)NC(CN)C3CC3)c2)c1. The van der Waals surface area contributed by atoms with Crippen LogP contribution in [0.2, 0.25) is 0 Å². The summed E-state index contributed by atoms with van der Waals surface area (Å²) in [5.74, 6) is 0.136. The lowest BCUT2D eigenvalue weighted by Gasteiger charge is -2.17. The molecule has 6 nitrogen and oxygen atoms in total. The molecule has 0 bridgehead atoms. The number of sulfonamides is 1. The molecule has 0 radical (unpaired) electrons. The van der Waals surface area contributed by atoms with Crippen LogP contribution < -0.4 is 15.8 Å². The average Bonchev–Trinajstić information content (AvgIpc) is 3.44. The van der Waals surface area contributed by atoms with Gasteiger partial charge >= 0.3 is 0 Å². The molecule has 0 heterocycles. The zero-order chi connectivity index (χ0) is 19.6. The third-order valence-electron chi connectivity index (χ3n) is 4.80. The lowest BCUT2D eigenvalue weighted by atomic mass is 10.1. The molecule has 1 atom stereocenters. The van der Waals surface area contributed by atoms with Gasteiger partial charge in [-0.25, -0.2) is 8.42 Å². The monoisotopic (exact) mass is 387 g/mol. The number of carbonyl (C=O) groups excluding carboxylic acids is 1. The summed E-state index contributed by atoms with van der Waals surface area (Å²) in [6, 6.07) is 11.6. The zero-order valence-electron chi connectivity index (χ0n) is 15.5. The molecule has 1 aliphatic rings. The Morgan fingerprint density at radius 1 is 1.19 bits per heavy atom. The van der Waals surface area contributed by atoms with Crippen molar-refractivity contribution in [3.63, 3.8) is 0 Å². The molecular weight excluding hydrogens is 362 g/mol. The highest BCUT2D eigenvalue weighted by atomic mass is 32.2. The van der Waals surface area contributed by atoms with Gasteiger partial charge in [0, 0.05) is 23.8 Å². The Bertz CT molecular complexity index is 953. The van der Waals surface area contributed by atoms with E-state index in [1.165, 1.54) is 12.1 Å². The predicted octanol–water partition coefficient (Wildman–Crippen LogP) is 2.57. The fraction of sp³-hybridized carbons (Fsp3) is 0.350. The maximum atomic E-state index is 12.7. The summed E-state index contributed by atoms with van der Waals surface area (Å²) < 4.78 is 28.0. The van der Waals surface area contributed by atoms with Crippen LogP contribution in [0.4, 0.5) is 5.69 Å². The molecule has 1 unspecified atom stereocenters. The summed E-state index contributed by atoms with van der Waals surface area (Å²) in [5.41, 5.74) is 8.26. The van der Waals surface area contributed by atoms with E-state index in [1.807, 2.05) is 13.0 Å². The summed E-state index contributed by atoms with van der Waals surface area (Å²) in [7, 11) is -3.80. The Hall–Kier alpha value is -2.38. The van der Waals surface area contributed by atoms with E-state index in [-0.39, 0.29) is 16.8 Å². The van der Waals surface area contributed by atoms with E-state index in [9.17, 15) is 13.2 Å². The van der Waals surface area contributed by atoms with Crippen LogP contribution in [0.25, 0.3) is 0 Å². The van der Waals surface area contributed by atoms with Crippen molar-refractivity contribution in [3.05, 3.63) is 59.2 Å². The lowest BCUT2D eigenvalue weighted by Crippen LogP contribution is -2.42. The second kappa shape index (κ2) is 7.70. The normalized spacial score (nSPS) is 15.2. The third-order valence-corrected chi connectivity index (χ3v) is 6.17. The summed E-state index contributed by atoms with van der Waals surface area (Å²) in [5, 5.41) is 2.94. The maximum absolute atomic E-state index is 12.7. The highest BCUT2D eigenvalue weighted by Crippen LogP contribution is 2.32. The second-order valence-electron chi connectivity index (χ2n) is 7.10. The molecule has 0 saturated heterocycles. The van der Waals surface area contributed by atoms with Crippen molar-refractivity contribution in [3.8, 4) is 0 Å². The van der Waals surface area contributed by atoms with E-state index >= 15 is 0 Å². The van der Waals surface area contributed by atoms with Crippen LogP contribution in [0, 0.1) is 19.8 Å². The first kappa shape index (κ1) is 19.4. The van der Waals surface area contributed by atoms with Gasteiger partial charge in [-0.3, -0.25) is 9.52 Å². The van der Waals surface area contributed by atoms with E-state index in [0.29, 0.717) is 29.3 Å². The zero-order valence-corrected chi connectivity index (χ0v) is 16.3. The van der Waals surface area contributed by atoms with Gasteiger partial charge in [-0.15, -0.1) is 0 Å². The quantitative estimate of drug-likeness (QED) is 0.679. The number of carbonyl (C=O) groups is 1. The molecule has 4 N–H and O–H groups in total. The second-order valence-corrected chi connectivity index (χ2v) is 8.79. The van der Waals surface area contributed by atoms with Gasteiger partial charge in [0.2, 0.25) is 0 Å². The smallest absolute Gasteiger partial charge is 0.261 e. The number of anilines is 1. The molecule has 27 heavy (non-hydrogen) atoms. The highest BCUT2D eigenvalue weighted by molar-refractivity contribution is 7.92. The van der Waals surface area contributed by atoms with E-state index < -0.39 is 10.0 Å². The molecule has 1 saturated carbocycles. The standard InChI is InChI=1S/C20H25N3O3S/c1-13-4-3-5-16(10-13)23-27(25,26)17-9-6-14(2)18(11-17)20(24)22-19(12-21)15-7-8-15/h3-6,9-11,15,19,23H,7-8,12,21H2,1-2H3,(H,22,24). The largest absolute Gasteiger partial charge is 0.348 e. The highest BCUT2D eigenvalue weighted by Gasteiger charge is 2.31.